The highest BCUT2D eigenvalue weighted by molar-refractivity contribution is 7.92. The Balaban J connectivity index is 3.14. The summed E-state index contributed by atoms with van der Waals surface area (Å²) in [4.78, 5) is 3.86. The van der Waals surface area contributed by atoms with Gasteiger partial charge in [0.25, 0.3) is 0 Å². The summed E-state index contributed by atoms with van der Waals surface area (Å²) < 4.78 is 28.1. The van der Waals surface area contributed by atoms with Gasteiger partial charge in [-0.25, -0.2) is 13.4 Å². The van der Waals surface area contributed by atoms with Crippen molar-refractivity contribution in [2.75, 3.05) is 13.7 Å². The molecule has 0 bridgehead atoms. The lowest BCUT2D eigenvalue weighted by Gasteiger charge is -2.22. The molecule has 0 saturated heterocycles. The molecule has 84 valence electrons. The van der Waals surface area contributed by atoms with Crippen LogP contribution in [0.15, 0.2) is 29.4 Å². The number of nitrogens with zero attached hydrogens (tertiary/aromatic N) is 1. The first-order valence-electron chi connectivity index (χ1n) is 4.56. The quantitative estimate of drug-likeness (QED) is 0.780. The van der Waals surface area contributed by atoms with E-state index in [1.54, 1.807) is 26.0 Å². The van der Waals surface area contributed by atoms with Crippen molar-refractivity contribution in [2.45, 2.75) is 23.6 Å². The summed E-state index contributed by atoms with van der Waals surface area (Å²) in [6.45, 7) is 3.40. The van der Waals surface area contributed by atoms with Crippen LogP contribution in [0.5, 0.6) is 0 Å². The Kier molecular flexibility index (Phi) is 3.46. The summed E-state index contributed by atoms with van der Waals surface area (Å²) in [6, 6.07) is 4.83. The van der Waals surface area contributed by atoms with E-state index in [2.05, 4.69) is 4.98 Å². The first-order valence-corrected chi connectivity index (χ1v) is 6.05. The van der Waals surface area contributed by atoms with Gasteiger partial charge in [-0.1, -0.05) is 6.07 Å². The van der Waals surface area contributed by atoms with Crippen LogP contribution in [0, 0.1) is 0 Å². The van der Waals surface area contributed by atoms with Crippen LogP contribution in [-0.4, -0.2) is 31.9 Å². The standard InChI is InChI=1S/C10H15NO3S/c1-10(2,8-14-3)15(12,13)9-6-4-5-7-11-9/h4-7H,8H2,1-3H3. The van der Waals surface area contributed by atoms with Crippen molar-refractivity contribution in [3.63, 3.8) is 0 Å². The molecule has 1 heterocycles. The highest BCUT2D eigenvalue weighted by Gasteiger charge is 2.36. The zero-order chi connectivity index (χ0) is 11.5. The Labute approximate surface area is 90.2 Å². The van der Waals surface area contributed by atoms with Crippen molar-refractivity contribution in [3.05, 3.63) is 24.4 Å². The van der Waals surface area contributed by atoms with Crippen LogP contribution >= 0.6 is 0 Å². The number of sulfone groups is 1. The monoisotopic (exact) mass is 229 g/mol. The van der Waals surface area contributed by atoms with E-state index in [0.29, 0.717) is 0 Å². The molecule has 1 aromatic heterocycles. The molecule has 5 heteroatoms. The molecule has 0 aliphatic carbocycles. The average Bonchev–Trinajstić information content (AvgIpc) is 2.19. The molecule has 0 fully saturated rings. The fraction of sp³-hybridized carbons (Fsp3) is 0.500. The van der Waals surface area contributed by atoms with Gasteiger partial charge in [-0.3, -0.25) is 0 Å². The van der Waals surface area contributed by atoms with Crippen LogP contribution in [0.1, 0.15) is 13.8 Å². The summed E-state index contributed by atoms with van der Waals surface area (Å²) in [6.07, 6.45) is 1.47. The van der Waals surface area contributed by atoms with Gasteiger partial charge in [0.05, 0.1) is 11.4 Å². The maximum atomic E-state index is 12.1. The van der Waals surface area contributed by atoms with Crippen molar-refractivity contribution in [3.8, 4) is 0 Å². The highest BCUT2D eigenvalue weighted by atomic mass is 32.2. The number of pyridine rings is 1. The van der Waals surface area contributed by atoms with E-state index >= 15 is 0 Å². The Hall–Kier alpha value is -0.940. The molecule has 0 aliphatic heterocycles. The van der Waals surface area contributed by atoms with Crippen molar-refractivity contribution in [1.29, 1.82) is 0 Å². The number of hydrogen-bond donors (Lipinski definition) is 0. The van der Waals surface area contributed by atoms with Crippen molar-refractivity contribution in [1.82, 2.24) is 4.98 Å². The highest BCUT2D eigenvalue weighted by Crippen LogP contribution is 2.23. The zero-order valence-electron chi connectivity index (χ0n) is 9.10. The normalized spacial score (nSPS) is 12.7. The van der Waals surface area contributed by atoms with E-state index in [0.717, 1.165) is 0 Å². The molecule has 15 heavy (non-hydrogen) atoms. The second kappa shape index (κ2) is 4.28. The summed E-state index contributed by atoms with van der Waals surface area (Å²) in [5.41, 5.74) is 0. The Bertz CT molecular complexity index is 412. The Morgan fingerprint density at radius 1 is 1.40 bits per heavy atom. The number of hydrogen-bond acceptors (Lipinski definition) is 4. The smallest absolute Gasteiger partial charge is 0.202 e. The number of aromatic nitrogens is 1. The molecular weight excluding hydrogens is 214 g/mol. The largest absolute Gasteiger partial charge is 0.383 e. The second-order valence-electron chi connectivity index (χ2n) is 3.86. The predicted molar refractivity (Wildman–Crippen MR) is 57.4 cm³/mol. The lowest BCUT2D eigenvalue weighted by Crippen LogP contribution is -2.37. The van der Waals surface area contributed by atoms with Gasteiger partial charge < -0.3 is 4.74 Å². The van der Waals surface area contributed by atoms with Gasteiger partial charge in [-0.2, -0.15) is 0 Å². The molecule has 0 saturated carbocycles. The van der Waals surface area contributed by atoms with Gasteiger partial charge in [-0.05, 0) is 26.0 Å². The maximum Gasteiger partial charge on any atom is 0.202 e. The molecule has 0 radical (unpaired) electrons. The van der Waals surface area contributed by atoms with Gasteiger partial charge >= 0.3 is 0 Å². The first-order chi connectivity index (χ1) is 6.92. The molecule has 0 aliphatic rings. The molecule has 4 nitrogen and oxygen atoms in total. The molecule has 0 amide bonds. The lowest BCUT2D eigenvalue weighted by molar-refractivity contribution is 0.175. The molecule has 0 N–H and O–H groups in total. The number of rotatable bonds is 4. The molecule has 0 unspecified atom stereocenters. The van der Waals surface area contributed by atoms with Crippen molar-refractivity contribution >= 4 is 9.84 Å². The van der Waals surface area contributed by atoms with Crippen LogP contribution in [0.4, 0.5) is 0 Å². The van der Waals surface area contributed by atoms with Crippen LogP contribution in [0.25, 0.3) is 0 Å². The number of ether oxygens (including phenoxy) is 1. The van der Waals surface area contributed by atoms with E-state index < -0.39 is 14.6 Å². The van der Waals surface area contributed by atoms with E-state index in [9.17, 15) is 8.42 Å². The molecular formula is C10H15NO3S. The average molecular weight is 229 g/mol. The second-order valence-corrected chi connectivity index (χ2v) is 6.39. The lowest BCUT2D eigenvalue weighted by atomic mass is 10.2. The van der Waals surface area contributed by atoms with Gasteiger partial charge in [0.2, 0.25) is 9.84 Å². The molecule has 1 aromatic rings. The van der Waals surface area contributed by atoms with Crippen LogP contribution < -0.4 is 0 Å². The first kappa shape index (κ1) is 12.1. The van der Waals surface area contributed by atoms with Crippen LogP contribution in [-0.2, 0) is 14.6 Å². The molecule has 0 spiro atoms. The summed E-state index contributed by atoms with van der Waals surface area (Å²) in [5, 5.41) is 0.0899. The summed E-state index contributed by atoms with van der Waals surface area (Å²) in [5.74, 6) is 0. The van der Waals surface area contributed by atoms with E-state index in [1.165, 1.54) is 19.4 Å². The Morgan fingerprint density at radius 3 is 2.53 bits per heavy atom. The van der Waals surface area contributed by atoms with Crippen LogP contribution in [0.2, 0.25) is 0 Å². The van der Waals surface area contributed by atoms with E-state index in [4.69, 9.17) is 4.74 Å². The minimum atomic E-state index is -3.44. The van der Waals surface area contributed by atoms with Crippen molar-refractivity contribution in [2.24, 2.45) is 0 Å². The Morgan fingerprint density at radius 2 is 2.07 bits per heavy atom. The minimum absolute atomic E-state index is 0.0899. The van der Waals surface area contributed by atoms with E-state index in [1.807, 2.05) is 0 Å². The maximum absolute atomic E-state index is 12.1. The van der Waals surface area contributed by atoms with E-state index in [-0.39, 0.29) is 11.6 Å². The fourth-order valence-corrected chi connectivity index (χ4v) is 2.51. The topological polar surface area (TPSA) is 56.3 Å². The fourth-order valence-electron chi connectivity index (χ4n) is 1.21. The minimum Gasteiger partial charge on any atom is -0.383 e. The predicted octanol–water partition coefficient (Wildman–Crippen LogP) is 1.28. The summed E-state index contributed by atoms with van der Waals surface area (Å²) in [7, 11) is -1.95. The van der Waals surface area contributed by atoms with Crippen molar-refractivity contribution < 1.29 is 13.2 Å². The van der Waals surface area contributed by atoms with Gasteiger partial charge in [0.15, 0.2) is 5.03 Å². The molecule has 0 atom stereocenters. The SMILES string of the molecule is COCC(C)(C)S(=O)(=O)c1ccccn1. The third-order valence-electron chi connectivity index (χ3n) is 2.13. The molecule has 0 aromatic carbocycles. The third-order valence-corrected chi connectivity index (χ3v) is 4.50. The van der Waals surface area contributed by atoms with Gasteiger partial charge in [0, 0.05) is 13.3 Å². The van der Waals surface area contributed by atoms with Crippen LogP contribution in [0.3, 0.4) is 0 Å². The molecule has 1 rings (SSSR count). The number of methoxy groups -OCH3 is 1. The zero-order valence-corrected chi connectivity index (χ0v) is 9.91. The van der Waals surface area contributed by atoms with Gasteiger partial charge in [0.1, 0.15) is 0 Å². The third kappa shape index (κ3) is 2.35. The van der Waals surface area contributed by atoms with Gasteiger partial charge in [-0.15, -0.1) is 0 Å². The summed E-state index contributed by atoms with van der Waals surface area (Å²) >= 11 is 0.